The molecule has 2 atom stereocenters. The molecule has 5 nitrogen and oxygen atoms in total. The van der Waals surface area contributed by atoms with E-state index in [4.69, 9.17) is 11.6 Å². The highest BCUT2D eigenvalue weighted by Crippen LogP contribution is 2.44. The van der Waals surface area contributed by atoms with Crippen molar-refractivity contribution in [2.24, 2.45) is 0 Å². The number of aliphatic hydroxyl groups is 2. The lowest BCUT2D eigenvalue weighted by molar-refractivity contribution is -0.177. The van der Waals surface area contributed by atoms with Gasteiger partial charge in [-0.05, 0) is 41.8 Å². The highest BCUT2D eigenvalue weighted by molar-refractivity contribution is 6.30. The van der Waals surface area contributed by atoms with Crippen LogP contribution in [0.3, 0.4) is 0 Å². The fourth-order valence-corrected chi connectivity index (χ4v) is 3.32. The monoisotopic (exact) mass is 375 g/mol. The molecule has 2 aromatic carbocycles. The van der Waals surface area contributed by atoms with Crippen molar-refractivity contribution in [3.63, 3.8) is 0 Å². The number of nitrogens with zero attached hydrogens (tertiary/aromatic N) is 3. The Morgan fingerprint density at radius 2 is 1.58 bits per heavy atom. The van der Waals surface area contributed by atoms with Crippen LogP contribution in [-0.4, -0.2) is 25.0 Å². The zero-order valence-corrected chi connectivity index (χ0v) is 14.9. The van der Waals surface area contributed by atoms with Crippen molar-refractivity contribution in [2.45, 2.75) is 31.1 Å². The second-order valence-corrected chi connectivity index (χ2v) is 6.62. The molecule has 136 valence electrons. The summed E-state index contributed by atoms with van der Waals surface area (Å²) in [5, 5.41) is 27.8. The molecule has 1 heterocycles. The SMILES string of the molecule is CC[C@](O)(c1ccc(F)cc1)[C@](O)(Cn1cncn1)c1ccc(Cl)cc1. The summed E-state index contributed by atoms with van der Waals surface area (Å²) in [7, 11) is 0. The third-order valence-corrected chi connectivity index (χ3v) is 4.95. The summed E-state index contributed by atoms with van der Waals surface area (Å²) in [6.07, 6.45) is 3.00. The van der Waals surface area contributed by atoms with E-state index in [0.29, 0.717) is 16.1 Å². The van der Waals surface area contributed by atoms with Crippen molar-refractivity contribution in [1.82, 2.24) is 14.8 Å². The van der Waals surface area contributed by atoms with Crippen molar-refractivity contribution in [2.75, 3.05) is 0 Å². The Morgan fingerprint density at radius 3 is 2.12 bits per heavy atom. The van der Waals surface area contributed by atoms with Crippen molar-refractivity contribution < 1.29 is 14.6 Å². The second-order valence-electron chi connectivity index (χ2n) is 6.18. The number of hydrogen-bond acceptors (Lipinski definition) is 4. The maximum absolute atomic E-state index is 13.4. The largest absolute Gasteiger partial charge is 0.382 e. The van der Waals surface area contributed by atoms with Gasteiger partial charge in [-0.1, -0.05) is 42.8 Å². The van der Waals surface area contributed by atoms with Gasteiger partial charge in [0.25, 0.3) is 0 Å². The Kier molecular flexibility index (Phi) is 5.09. The zero-order valence-electron chi connectivity index (χ0n) is 14.2. The van der Waals surface area contributed by atoms with Crippen LogP contribution >= 0.6 is 11.6 Å². The van der Waals surface area contributed by atoms with Crippen molar-refractivity contribution >= 4 is 11.6 Å². The predicted octanol–water partition coefficient (Wildman–Crippen LogP) is 3.26. The number of halogens is 2. The highest BCUT2D eigenvalue weighted by atomic mass is 35.5. The first-order valence-corrected chi connectivity index (χ1v) is 8.56. The number of aromatic nitrogens is 3. The maximum Gasteiger partial charge on any atom is 0.142 e. The molecule has 0 saturated carbocycles. The summed E-state index contributed by atoms with van der Waals surface area (Å²) >= 11 is 5.97. The van der Waals surface area contributed by atoms with Gasteiger partial charge in [-0.15, -0.1) is 0 Å². The Morgan fingerprint density at radius 1 is 1.00 bits per heavy atom. The average molecular weight is 376 g/mol. The normalized spacial score (nSPS) is 16.0. The van der Waals surface area contributed by atoms with E-state index in [1.165, 1.54) is 41.6 Å². The Labute approximate surface area is 155 Å². The molecule has 0 aliphatic rings. The van der Waals surface area contributed by atoms with Gasteiger partial charge in [-0.25, -0.2) is 14.1 Å². The summed E-state index contributed by atoms with van der Waals surface area (Å²) in [4.78, 5) is 3.89. The predicted molar refractivity (Wildman–Crippen MR) is 96.0 cm³/mol. The van der Waals surface area contributed by atoms with E-state index in [1.807, 2.05) is 0 Å². The first-order valence-electron chi connectivity index (χ1n) is 8.18. The van der Waals surface area contributed by atoms with E-state index < -0.39 is 17.0 Å². The maximum atomic E-state index is 13.4. The first kappa shape index (κ1) is 18.5. The van der Waals surface area contributed by atoms with Crippen LogP contribution in [0.1, 0.15) is 24.5 Å². The smallest absolute Gasteiger partial charge is 0.142 e. The van der Waals surface area contributed by atoms with Crippen LogP contribution in [0.15, 0.2) is 61.2 Å². The molecule has 0 aliphatic heterocycles. The summed E-state index contributed by atoms with van der Waals surface area (Å²) < 4.78 is 14.8. The van der Waals surface area contributed by atoms with Gasteiger partial charge in [0.05, 0.1) is 6.54 Å². The summed E-state index contributed by atoms with van der Waals surface area (Å²) in [5.41, 5.74) is -2.58. The third kappa shape index (κ3) is 3.23. The van der Waals surface area contributed by atoms with Gasteiger partial charge >= 0.3 is 0 Å². The molecule has 0 amide bonds. The quantitative estimate of drug-likeness (QED) is 0.693. The zero-order chi connectivity index (χ0) is 18.8. The Balaban J connectivity index is 2.16. The minimum Gasteiger partial charge on any atom is -0.382 e. The van der Waals surface area contributed by atoms with Crippen molar-refractivity contribution in [3.05, 3.63) is 83.2 Å². The summed E-state index contributed by atoms with van der Waals surface area (Å²) in [6, 6.07) is 12.1. The van der Waals surface area contributed by atoms with Gasteiger partial charge in [-0.2, -0.15) is 5.10 Å². The summed E-state index contributed by atoms with van der Waals surface area (Å²) in [6.45, 7) is 1.71. The van der Waals surface area contributed by atoms with Crippen molar-refractivity contribution in [3.8, 4) is 0 Å². The standard InChI is InChI=1S/C19H19ClFN3O2/c1-2-18(25,14-5-9-17(21)10-6-14)19(26,11-24-13-22-12-23-24)15-3-7-16(20)8-4-15/h3-10,12-13,25-26H,2,11H2,1H3/t18-,19-/m0/s1. The van der Waals surface area contributed by atoms with Crippen molar-refractivity contribution in [1.29, 1.82) is 0 Å². The van der Waals surface area contributed by atoms with E-state index in [-0.39, 0.29) is 13.0 Å². The lowest BCUT2D eigenvalue weighted by atomic mass is 9.71. The molecule has 0 spiro atoms. The third-order valence-electron chi connectivity index (χ3n) is 4.70. The van der Waals surface area contributed by atoms with E-state index in [1.54, 1.807) is 31.2 Å². The molecule has 0 fully saturated rings. The molecule has 1 aromatic heterocycles. The fourth-order valence-electron chi connectivity index (χ4n) is 3.20. The minimum atomic E-state index is -1.75. The lowest BCUT2D eigenvalue weighted by Gasteiger charge is -2.44. The molecule has 0 bridgehead atoms. The van der Waals surface area contributed by atoms with Crippen LogP contribution in [0.5, 0.6) is 0 Å². The summed E-state index contributed by atoms with van der Waals surface area (Å²) in [5.74, 6) is -0.418. The molecule has 0 unspecified atom stereocenters. The highest BCUT2D eigenvalue weighted by Gasteiger charge is 2.51. The molecule has 2 N–H and O–H groups in total. The molecule has 0 aliphatic carbocycles. The van der Waals surface area contributed by atoms with E-state index in [0.717, 1.165) is 0 Å². The molecule has 0 saturated heterocycles. The van der Waals surface area contributed by atoms with Gasteiger partial charge < -0.3 is 10.2 Å². The second kappa shape index (κ2) is 7.15. The Bertz CT molecular complexity index is 856. The van der Waals surface area contributed by atoms with Crippen LogP contribution in [0.2, 0.25) is 5.02 Å². The van der Waals surface area contributed by atoms with Gasteiger partial charge in [0, 0.05) is 5.02 Å². The fraction of sp³-hybridized carbons (Fsp3) is 0.263. The van der Waals surface area contributed by atoms with E-state index in [9.17, 15) is 14.6 Å². The minimum absolute atomic E-state index is 0.0453. The number of benzene rings is 2. The Hall–Kier alpha value is -2.28. The number of hydrogen-bond donors (Lipinski definition) is 2. The van der Waals surface area contributed by atoms with Gasteiger partial charge in [0.2, 0.25) is 0 Å². The van der Waals surface area contributed by atoms with E-state index >= 15 is 0 Å². The number of rotatable bonds is 6. The molecular weight excluding hydrogens is 357 g/mol. The molecule has 3 rings (SSSR count). The van der Waals surface area contributed by atoms with Gasteiger partial charge in [0.1, 0.15) is 29.7 Å². The van der Waals surface area contributed by atoms with Crippen LogP contribution < -0.4 is 0 Å². The molecule has 7 heteroatoms. The first-order chi connectivity index (χ1) is 12.4. The van der Waals surface area contributed by atoms with E-state index in [2.05, 4.69) is 10.1 Å². The molecular formula is C19H19ClFN3O2. The van der Waals surface area contributed by atoms with Crippen LogP contribution in [0.25, 0.3) is 0 Å². The average Bonchev–Trinajstić information content (AvgIpc) is 3.14. The van der Waals surface area contributed by atoms with Gasteiger partial charge in [0.15, 0.2) is 0 Å². The van der Waals surface area contributed by atoms with Gasteiger partial charge in [-0.3, -0.25) is 0 Å². The molecule has 26 heavy (non-hydrogen) atoms. The van der Waals surface area contributed by atoms with Crippen LogP contribution in [0.4, 0.5) is 4.39 Å². The van der Waals surface area contributed by atoms with Crippen LogP contribution in [0, 0.1) is 5.82 Å². The molecule has 0 radical (unpaired) electrons. The molecule has 3 aromatic rings. The lowest BCUT2D eigenvalue weighted by Crippen LogP contribution is -2.52. The topological polar surface area (TPSA) is 71.2 Å². The van der Waals surface area contributed by atoms with Crippen LogP contribution in [-0.2, 0) is 17.7 Å².